The van der Waals surface area contributed by atoms with Gasteiger partial charge in [0.1, 0.15) is 6.04 Å². The fraction of sp³-hybridized carbons (Fsp3) is 0.615. The van der Waals surface area contributed by atoms with E-state index in [9.17, 15) is 9.59 Å². The number of hydrogen-bond acceptors (Lipinski definition) is 6. The van der Waals surface area contributed by atoms with Crippen molar-refractivity contribution in [1.82, 2.24) is 10.3 Å². The lowest BCUT2D eigenvalue weighted by Crippen LogP contribution is -2.54. The first-order valence-corrected chi connectivity index (χ1v) is 7.90. The van der Waals surface area contributed by atoms with E-state index in [4.69, 9.17) is 10.8 Å². The van der Waals surface area contributed by atoms with Crippen molar-refractivity contribution < 1.29 is 14.7 Å². The molecule has 0 aromatic carbocycles. The molecule has 1 amide bonds. The van der Waals surface area contributed by atoms with Crippen molar-refractivity contribution in [3.05, 3.63) is 11.1 Å². The predicted molar refractivity (Wildman–Crippen MR) is 78.2 cm³/mol. The lowest BCUT2D eigenvalue weighted by Gasteiger charge is -2.41. The SMILES string of the molecule is NC(C(=O)O)c1csc(N2CCC3NC(=O)CCC3C2)n1. The summed E-state index contributed by atoms with van der Waals surface area (Å²) in [6, 6.07) is -0.801. The van der Waals surface area contributed by atoms with Gasteiger partial charge in [-0.2, -0.15) is 0 Å². The summed E-state index contributed by atoms with van der Waals surface area (Å²) < 4.78 is 0. The highest BCUT2D eigenvalue weighted by molar-refractivity contribution is 7.13. The molecule has 8 heteroatoms. The second kappa shape index (κ2) is 5.61. The molecule has 7 nitrogen and oxygen atoms in total. The molecule has 114 valence electrons. The molecule has 3 heterocycles. The Kier molecular flexibility index (Phi) is 3.81. The smallest absolute Gasteiger partial charge is 0.326 e. The van der Waals surface area contributed by atoms with E-state index in [0.717, 1.165) is 31.1 Å². The van der Waals surface area contributed by atoms with E-state index < -0.39 is 12.0 Å². The zero-order valence-electron chi connectivity index (χ0n) is 11.5. The summed E-state index contributed by atoms with van der Waals surface area (Å²) in [6.07, 6.45) is 2.39. The number of thiazole rings is 1. The highest BCUT2D eigenvalue weighted by Crippen LogP contribution is 2.31. The molecular formula is C13H18N4O3S. The van der Waals surface area contributed by atoms with Crippen molar-refractivity contribution in [2.75, 3.05) is 18.0 Å². The zero-order valence-corrected chi connectivity index (χ0v) is 12.3. The Morgan fingerprint density at radius 2 is 2.38 bits per heavy atom. The number of nitrogens with two attached hydrogens (primary N) is 1. The second-order valence-electron chi connectivity index (χ2n) is 5.58. The van der Waals surface area contributed by atoms with Crippen LogP contribution in [0, 0.1) is 5.92 Å². The lowest BCUT2D eigenvalue weighted by molar-refractivity contribution is -0.138. The molecule has 3 rings (SSSR count). The van der Waals surface area contributed by atoms with Gasteiger partial charge >= 0.3 is 5.97 Å². The number of anilines is 1. The van der Waals surface area contributed by atoms with Gasteiger partial charge in [-0.15, -0.1) is 11.3 Å². The van der Waals surface area contributed by atoms with Crippen LogP contribution in [-0.2, 0) is 9.59 Å². The van der Waals surface area contributed by atoms with E-state index in [1.54, 1.807) is 5.38 Å². The lowest BCUT2D eigenvalue weighted by atomic mass is 9.85. The number of nitrogens with zero attached hydrogens (tertiary/aromatic N) is 2. The van der Waals surface area contributed by atoms with Crippen LogP contribution in [-0.4, -0.2) is 41.1 Å². The topological polar surface area (TPSA) is 109 Å². The summed E-state index contributed by atoms with van der Waals surface area (Å²) in [6.45, 7) is 1.66. The molecule has 2 fully saturated rings. The standard InChI is InChI=1S/C13H18N4O3S/c14-11(12(19)20)9-6-21-13(16-9)17-4-3-8-7(5-17)1-2-10(18)15-8/h6-8,11H,1-5,14H2,(H,15,18)(H,19,20). The Hall–Kier alpha value is -1.67. The summed E-state index contributed by atoms with van der Waals surface area (Å²) >= 11 is 1.43. The van der Waals surface area contributed by atoms with E-state index in [1.165, 1.54) is 11.3 Å². The van der Waals surface area contributed by atoms with Crippen LogP contribution in [0.4, 0.5) is 5.13 Å². The maximum absolute atomic E-state index is 11.4. The minimum absolute atomic E-state index is 0.147. The maximum atomic E-state index is 11.4. The van der Waals surface area contributed by atoms with Gasteiger partial charge in [0.2, 0.25) is 5.91 Å². The largest absolute Gasteiger partial charge is 0.480 e. The summed E-state index contributed by atoms with van der Waals surface area (Å²) in [7, 11) is 0. The number of carbonyl (C=O) groups is 2. The first-order valence-electron chi connectivity index (χ1n) is 7.02. The highest BCUT2D eigenvalue weighted by atomic mass is 32.1. The number of aliphatic carboxylic acids is 1. The zero-order chi connectivity index (χ0) is 15.0. The van der Waals surface area contributed by atoms with E-state index in [0.29, 0.717) is 18.0 Å². The van der Waals surface area contributed by atoms with Gasteiger partial charge in [-0.05, 0) is 18.8 Å². The van der Waals surface area contributed by atoms with Gasteiger partial charge < -0.3 is 21.1 Å². The van der Waals surface area contributed by atoms with Crippen molar-refractivity contribution in [3.63, 3.8) is 0 Å². The minimum Gasteiger partial charge on any atom is -0.480 e. The number of carboxylic acid groups (broad SMARTS) is 1. The number of fused-ring (bicyclic) bond motifs is 1. The third kappa shape index (κ3) is 2.86. The van der Waals surface area contributed by atoms with E-state index in [2.05, 4.69) is 15.2 Å². The Morgan fingerprint density at radius 3 is 3.14 bits per heavy atom. The Balaban J connectivity index is 1.68. The number of aromatic nitrogens is 1. The molecule has 1 aromatic heterocycles. The van der Waals surface area contributed by atoms with Crippen molar-refractivity contribution in [2.24, 2.45) is 11.7 Å². The van der Waals surface area contributed by atoms with Crippen LogP contribution in [0.3, 0.4) is 0 Å². The maximum Gasteiger partial charge on any atom is 0.326 e. The Bertz CT molecular complexity index is 561. The molecule has 3 unspecified atom stereocenters. The first kappa shape index (κ1) is 14.3. The molecule has 4 N–H and O–H groups in total. The molecule has 2 saturated heterocycles. The fourth-order valence-electron chi connectivity index (χ4n) is 2.97. The van der Waals surface area contributed by atoms with Crippen LogP contribution in [0.25, 0.3) is 0 Å². The van der Waals surface area contributed by atoms with Gasteiger partial charge in [0, 0.05) is 30.9 Å². The first-order chi connectivity index (χ1) is 10.0. The minimum atomic E-state index is -1.07. The van der Waals surface area contributed by atoms with Crippen LogP contribution in [0.2, 0.25) is 0 Å². The van der Waals surface area contributed by atoms with Crippen molar-refractivity contribution in [1.29, 1.82) is 0 Å². The average molecular weight is 310 g/mol. The molecule has 2 aliphatic heterocycles. The number of hydrogen-bond donors (Lipinski definition) is 3. The monoisotopic (exact) mass is 310 g/mol. The molecule has 0 aliphatic carbocycles. The number of rotatable bonds is 3. The molecule has 1 aromatic rings. The van der Waals surface area contributed by atoms with Crippen LogP contribution >= 0.6 is 11.3 Å². The van der Waals surface area contributed by atoms with Crippen LogP contribution < -0.4 is 16.0 Å². The fourth-order valence-corrected chi connectivity index (χ4v) is 3.87. The summed E-state index contributed by atoms with van der Waals surface area (Å²) in [4.78, 5) is 28.8. The molecule has 2 aliphatic rings. The van der Waals surface area contributed by atoms with Crippen LogP contribution in [0.1, 0.15) is 31.0 Å². The van der Waals surface area contributed by atoms with Gasteiger partial charge in [0.25, 0.3) is 0 Å². The molecule has 0 spiro atoms. The predicted octanol–water partition coefficient (Wildman–Crippen LogP) is 0.332. The van der Waals surface area contributed by atoms with Gasteiger partial charge in [-0.1, -0.05) is 0 Å². The molecule has 0 bridgehead atoms. The summed E-state index contributed by atoms with van der Waals surface area (Å²) in [5.41, 5.74) is 5.98. The molecular weight excluding hydrogens is 292 g/mol. The van der Waals surface area contributed by atoms with Crippen molar-refractivity contribution in [2.45, 2.75) is 31.3 Å². The van der Waals surface area contributed by atoms with E-state index in [1.807, 2.05) is 0 Å². The Morgan fingerprint density at radius 1 is 1.57 bits per heavy atom. The number of amides is 1. The highest BCUT2D eigenvalue weighted by Gasteiger charge is 2.34. The Labute approximate surface area is 126 Å². The second-order valence-corrected chi connectivity index (χ2v) is 6.41. The number of carbonyl (C=O) groups excluding carboxylic acids is 1. The normalized spacial score (nSPS) is 26.9. The van der Waals surface area contributed by atoms with Crippen LogP contribution in [0.15, 0.2) is 5.38 Å². The summed E-state index contributed by atoms with van der Waals surface area (Å²) in [5.74, 6) is -0.480. The van der Waals surface area contributed by atoms with Crippen molar-refractivity contribution in [3.8, 4) is 0 Å². The number of nitrogens with one attached hydrogen (secondary N) is 1. The van der Waals surface area contributed by atoms with Gasteiger partial charge in [0.05, 0.1) is 5.69 Å². The van der Waals surface area contributed by atoms with Gasteiger partial charge in [-0.25, -0.2) is 4.98 Å². The molecule has 0 saturated carbocycles. The van der Waals surface area contributed by atoms with E-state index in [-0.39, 0.29) is 11.9 Å². The number of piperidine rings is 2. The molecule has 0 radical (unpaired) electrons. The van der Waals surface area contributed by atoms with E-state index >= 15 is 0 Å². The molecule has 3 atom stereocenters. The van der Waals surface area contributed by atoms with Crippen molar-refractivity contribution >= 4 is 28.3 Å². The van der Waals surface area contributed by atoms with Gasteiger partial charge in [-0.3, -0.25) is 9.59 Å². The third-order valence-electron chi connectivity index (χ3n) is 4.19. The van der Waals surface area contributed by atoms with Crippen LogP contribution in [0.5, 0.6) is 0 Å². The number of carboxylic acids is 1. The summed E-state index contributed by atoms with van der Waals surface area (Å²) in [5, 5.41) is 14.5. The average Bonchev–Trinajstić information content (AvgIpc) is 2.95. The third-order valence-corrected chi connectivity index (χ3v) is 5.11. The quantitative estimate of drug-likeness (QED) is 0.742. The van der Waals surface area contributed by atoms with Gasteiger partial charge in [0.15, 0.2) is 5.13 Å². The molecule has 21 heavy (non-hydrogen) atoms.